The molecule has 2 N–H and O–H groups in total. The van der Waals surface area contributed by atoms with E-state index in [1.54, 1.807) is 0 Å². The van der Waals surface area contributed by atoms with Crippen LogP contribution in [-0.4, -0.2) is 24.3 Å². The molecule has 0 amide bonds. The van der Waals surface area contributed by atoms with Crippen molar-refractivity contribution >= 4 is 17.5 Å². The zero-order valence-electron chi connectivity index (χ0n) is 6.11. The van der Waals surface area contributed by atoms with E-state index in [0.29, 0.717) is 0 Å². The van der Waals surface area contributed by atoms with Gasteiger partial charge in [0.25, 0.3) is 0 Å². The fraction of sp³-hybridized carbons (Fsp3) is 0.571. The van der Waals surface area contributed by atoms with E-state index in [4.69, 9.17) is 5.41 Å². The maximum absolute atomic E-state index is 7.52. The summed E-state index contributed by atoms with van der Waals surface area (Å²) >= 11 is 1.84. The van der Waals surface area contributed by atoms with Crippen LogP contribution in [0, 0.1) is 5.41 Å². The molecule has 1 aliphatic rings. The highest BCUT2D eigenvalue weighted by Gasteiger charge is 2.10. The first-order valence-corrected chi connectivity index (χ1v) is 4.52. The minimum absolute atomic E-state index is 0.783. The van der Waals surface area contributed by atoms with E-state index in [-0.39, 0.29) is 0 Å². The van der Waals surface area contributed by atoms with Gasteiger partial charge in [-0.3, -0.25) is 0 Å². The van der Waals surface area contributed by atoms with Gasteiger partial charge in [0.1, 0.15) is 0 Å². The van der Waals surface area contributed by atoms with Crippen LogP contribution in [0.15, 0.2) is 11.8 Å². The molecule has 1 heterocycles. The highest BCUT2D eigenvalue weighted by molar-refractivity contribution is 8.00. The van der Waals surface area contributed by atoms with Crippen LogP contribution in [0.5, 0.6) is 0 Å². The van der Waals surface area contributed by atoms with Crippen LogP contribution in [0.4, 0.5) is 0 Å². The summed E-state index contributed by atoms with van der Waals surface area (Å²) in [5, 5.41) is 10.5. The number of thioether (sulfide) groups is 1. The first-order chi connectivity index (χ1) is 4.84. The summed E-state index contributed by atoms with van der Waals surface area (Å²) in [4.78, 5) is 0. The number of hydrogen-bond donors (Lipinski definition) is 2. The molecule has 1 aliphatic heterocycles. The molecule has 0 radical (unpaired) electrons. The van der Waals surface area contributed by atoms with Gasteiger partial charge in [0.2, 0.25) is 0 Å². The molecule has 0 unspecified atom stereocenters. The van der Waals surface area contributed by atoms with Gasteiger partial charge < -0.3 is 10.7 Å². The van der Waals surface area contributed by atoms with Gasteiger partial charge in [0, 0.05) is 24.7 Å². The Morgan fingerprint density at radius 3 is 3.10 bits per heavy atom. The Kier molecular flexibility index (Phi) is 2.81. The lowest BCUT2D eigenvalue weighted by Gasteiger charge is -2.14. The van der Waals surface area contributed by atoms with E-state index in [1.807, 2.05) is 25.0 Å². The van der Waals surface area contributed by atoms with E-state index < -0.39 is 0 Å². The highest BCUT2D eigenvalue weighted by atomic mass is 32.2. The van der Waals surface area contributed by atoms with Crippen LogP contribution in [0.1, 0.15) is 6.42 Å². The predicted octanol–water partition coefficient (Wildman–Crippen LogP) is 1.25. The van der Waals surface area contributed by atoms with Crippen molar-refractivity contribution in [3.63, 3.8) is 0 Å². The van der Waals surface area contributed by atoms with Crippen LogP contribution in [-0.2, 0) is 0 Å². The summed E-state index contributed by atoms with van der Waals surface area (Å²) in [7, 11) is 1.88. The molecule has 0 aromatic heterocycles. The Bertz CT molecular complexity index is 163. The predicted molar refractivity (Wildman–Crippen MR) is 46.8 cm³/mol. The fourth-order valence-corrected chi connectivity index (χ4v) is 1.83. The molecule has 0 aliphatic carbocycles. The monoisotopic (exact) mass is 156 g/mol. The average Bonchev–Trinajstić information content (AvgIpc) is 1.94. The first-order valence-electron chi connectivity index (χ1n) is 3.36. The van der Waals surface area contributed by atoms with Gasteiger partial charge in [-0.1, -0.05) is 0 Å². The highest BCUT2D eigenvalue weighted by Crippen LogP contribution is 2.18. The summed E-state index contributed by atoms with van der Waals surface area (Å²) in [6.45, 7) is 0. The smallest absolute Gasteiger partial charge is 0.0459 e. The molecule has 1 rings (SSSR count). The molecule has 10 heavy (non-hydrogen) atoms. The summed E-state index contributed by atoms with van der Waals surface area (Å²) in [5.74, 6) is 2.05. The normalized spacial score (nSPS) is 23.3. The van der Waals surface area contributed by atoms with Gasteiger partial charge in [-0.2, -0.15) is 11.8 Å². The second kappa shape index (κ2) is 3.66. The Labute approximate surface area is 65.6 Å². The van der Waals surface area contributed by atoms with Gasteiger partial charge in [-0.15, -0.1) is 0 Å². The second-order valence-corrected chi connectivity index (χ2v) is 3.34. The van der Waals surface area contributed by atoms with E-state index in [0.717, 1.165) is 23.6 Å². The topological polar surface area (TPSA) is 35.9 Å². The molecule has 0 atom stereocenters. The van der Waals surface area contributed by atoms with Crippen molar-refractivity contribution in [3.8, 4) is 0 Å². The van der Waals surface area contributed by atoms with E-state index in [9.17, 15) is 0 Å². The molecule has 1 fully saturated rings. The van der Waals surface area contributed by atoms with E-state index in [1.165, 1.54) is 5.57 Å². The third kappa shape index (κ3) is 1.77. The Morgan fingerprint density at radius 2 is 2.50 bits per heavy atom. The van der Waals surface area contributed by atoms with Crippen LogP contribution >= 0.6 is 11.8 Å². The lowest BCUT2D eigenvalue weighted by molar-refractivity contribution is 1.04. The molecule has 0 bridgehead atoms. The molecular formula is C7H12N2S. The van der Waals surface area contributed by atoms with Crippen molar-refractivity contribution in [2.24, 2.45) is 0 Å². The molecule has 0 aromatic carbocycles. The number of allylic oxidation sites excluding steroid dienone is 1. The van der Waals surface area contributed by atoms with Crippen LogP contribution in [0.3, 0.4) is 0 Å². The van der Waals surface area contributed by atoms with Gasteiger partial charge >= 0.3 is 0 Å². The molecule has 1 saturated heterocycles. The SMILES string of the molecule is CN/C=C1/CCSCC1=N. The standard InChI is InChI=1S/C7H12N2S/c1-9-4-6-2-3-10-5-7(6)8/h4,8-9H,2-3,5H2,1H3/b6-4-,8-7?. The number of rotatable bonds is 1. The summed E-state index contributed by atoms with van der Waals surface area (Å²) in [5.41, 5.74) is 1.95. The maximum atomic E-state index is 7.52. The zero-order valence-corrected chi connectivity index (χ0v) is 6.92. The average molecular weight is 156 g/mol. The van der Waals surface area contributed by atoms with Gasteiger partial charge in [-0.05, 0) is 17.7 Å². The number of hydrogen-bond acceptors (Lipinski definition) is 3. The third-order valence-corrected chi connectivity index (χ3v) is 2.45. The molecule has 2 nitrogen and oxygen atoms in total. The second-order valence-electron chi connectivity index (χ2n) is 2.24. The lowest BCUT2D eigenvalue weighted by atomic mass is 10.1. The third-order valence-electron chi connectivity index (χ3n) is 1.47. The fourth-order valence-electron chi connectivity index (χ4n) is 0.933. The van der Waals surface area contributed by atoms with Crippen LogP contribution < -0.4 is 5.32 Å². The summed E-state index contributed by atoms with van der Waals surface area (Å²) in [6.07, 6.45) is 2.98. The van der Waals surface area contributed by atoms with Crippen molar-refractivity contribution in [1.82, 2.24) is 5.32 Å². The molecule has 0 saturated carbocycles. The Hall–Kier alpha value is -0.440. The lowest BCUT2D eigenvalue weighted by Crippen LogP contribution is -2.14. The van der Waals surface area contributed by atoms with Gasteiger partial charge in [0.05, 0.1) is 0 Å². The van der Waals surface area contributed by atoms with Crippen molar-refractivity contribution in [3.05, 3.63) is 11.8 Å². The quantitative estimate of drug-likeness (QED) is 0.599. The Balaban J connectivity index is 2.56. The largest absolute Gasteiger partial charge is 0.394 e. The zero-order chi connectivity index (χ0) is 7.40. The summed E-state index contributed by atoms with van der Waals surface area (Å²) < 4.78 is 0. The van der Waals surface area contributed by atoms with Gasteiger partial charge in [-0.25, -0.2) is 0 Å². The molecule has 0 spiro atoms. The maximum Gasteiger partial charge on any atom is 0.0459 e. The van der Waals surface area contributed by atoms with E-state index >= 15 is 0 Å². The van der Waals surface area contributed by atoms with E-state index in [2.05, 4.69) is 5.32 Å². The van der Waals surface area contributed by atoms with Crippen molar-refractivity contribution < 1.29 is 0 Å². The number of nitrogens with one attached hydrogen (secondary N) is 2. The molecule has 0 aromatic rings. The summed E-state index contributed by atoms with van der Waals surface area (Å²) in [6, 6.07) is 0. The van der Waals surface area contributed by atoms with Gasteiger partial charge in [0.15, 0.2) is 0 Å². The molecule has 3 heteroatoms. The molecular weight excluding hydrogens is 144 g/mol. The minimum Gasteiger partial charge on any atom is -0.394 e. The molecule has 56 valence electrons. The first kappa shape index (κ1) is 7.66. The van der Waals surface area contributed by atoms with Crippen molar-refractivity contribution in [2.45, 2.75) is 6.42 Å². The van der Waals surface area contributed by atoms with Crippen molar-refractivity contribution in [2.75, 3.05) is 18.6 Å². The van der Waals surface area contributed by atoms with Crippen LogP contribution in [0.25, 0.3) is 0 Å². The van der Waals surface area contributed by atoms with Crippen LogP contribution in [0.2, 0.25) is 0 Å². The van der Waals surface area contributed by atoms with Crippen molar-refractivity contribution in [1.29, 1.82) is 5.41 Å². The minimum atomic E-state index is 0.783. The Morgan fingerprint density at radius 1 is 1.70 bits per heavy atom.